The highest BCUT2D eigenvalue weighted by Gasteiger charge is 2.06. The molecular formula is C11H11FN2O2. The van der Waals surface area contributed by atoms with Crippen molar-refractivity contribution in [2.75, 3.05) is 0 Å². The summed E-state index contributed by atoms with van der Waals surface area (Å²) in [6, 6.07) is 5.47. The molecule has 1 aromatic rings. The monoisotopic (exact) mass is 222 g/mol. The second-order valence-electron chi connectivity index (χ2n) is 3.17. The van der Waals surface area contributed by atoms with Gasteiger partial charge in [-0.25, -0.2) is 4.39 Å². The van der Waals surface area contributed by atoms with E-state index in [4.69, 9.17) is 5.11 Å². The molecular weight excluding hydrogens is 211 g/mol. The number of benzene rings is 1. The molecule has 5 heteroatoms. The number of carbonyl (C=O) groups is 1. The van der Waals surface area contributed by atoms with E-state index >= 15 is 0 Å². The number of hydrogen-bond acceptors (Lipinski definition) is 4. The number of allylic oxidation sites excluding steroid dienone is 2. The van der Waals surface area contributed by atoms with Crippen molar-refractivity contribution in [3.63, 3.8) is 0 Å². The fourth-order valence-corrected chi connectivity index (χ4v) is 1.04. The molecule has 1 aromatic carbocycles. The molecule has 0 heterocycles. The number of azo groups is 1. The van der Waals surface area contributed by atoms with Crippen LogP contribution in [0, 0.1) is 5.82 Å². The third kappa shape index (κ3) is 3.27. The van der Waals surface area contributed by atoms with Gasteiger partial charge in [-0.05, 0) is 19.1 Å². The van der Waals surface area contributed by atoms with Gasteiger partial charge in [0.25, 0.3) is 0 Å². The standard InChI is InChI=1S/C11H11FN2O2/c1-7(15)11(8(2)16)14-13-10-5-3-4-9(12)6-10/h3-6,15H,1-2H3. The van der Waals surface area contributed by atoms with E-state index in [1.807, 2.05) is 0 Å². The predicted octanol–water partition coefficient (Wildman–Crippen LogP) is 3.29. The number of Topliss-reactive ketones (excluding diaryl/α,β-unsaturated/α-hetero) is 1. The van der Waals surface area contributed by atoms with Crippen molar-refractivity contribution in [3.05, 3.63) is 41.5 Å². The van der Waals surface area contributed by atoms with Gasteiger partial charge in [0.2, 0.25) is 0 Å². The number of carbonyl (C=O) groups excluding carboxylic acids is 1. The van der Waals surface area contributed by atoms with E-state index < -0.39 is 11.6 Å². The second-order valence-corrected chi connectivity index (χ2v) is 3.17. The van der Waals surface area contributed by atoms with Gasteiger partial charge in [0.1, 0.15) is 11.6 Å². The summed E-state index contributed by atoms with van der Waals surface area (Å²) in [5.41, 5.74) is 0.143. The van der Waals surface area contributed by atoms with Crippen LogP contribution in [0.3, 0.4) is 0 Å². The van der Waals surface area contributed by atoms with Crippen molar-refractivity contribution in [1.29, 1.82) is 0 Å². The molecule has 1 N–H and O–H groups in total. The van der Waals surface area contributed by atoms with Crippen LogP contribution in [0.1, 0.15) is 13.8 Å². The Morgan fingerprint density at radius 1 is 1.38 bits per heavy atom. The van der Waals surface area contributed by atoms with Crippen molar-refractivity contribution in [2.24, 2.45) is 10.2 Å². The molecule has 0 aromatic heterocycles. The van der Waals surface area contributed by atoms with Crippen molar-refractivity contribution in [1.82, 2.24) is 0 Å². The Hall–Kier alpha value is -2.04. The zero-order chi connectivity index (χ0) is 12.1. The number of rotatable bonds is 3. The van der Waals surface area contributed by atoms with Gasteiger partial charge in [-0.1, -0.05) is 6.07 Å². The Kier molecular flexibility index (Phi) is 3.88. The zero-order valence-corrected chi connectivity index (χ0v) is 8.94. The lowest BCUT2D eigenvalue weighted by Gasteiger charge is -1.96. The molecule has 0 atom stereocenters. The van der Waals surface area contributed by atoms with Gasteiger partial charge in [-0.3, -0.25) is 4.79 Å². The molecule has 4 nitrogen and oxygen atoms in total. The first-order valence-electron chi connectivity index (χ1n) is 4.59. The quantitative estimate of drug-likeness (QED) is 0.484. The van der Waals surface area contributed by atoms with Crippen LogP contribution < -0.4 is 0 Å². The van der Waals surface area contributed by atoms with Crippen LogP contribution in [0.15, 0.2) is 46.0 Å². The smallest absolute Gasteiger partial charge is 0.183 e. The number of halogens is 1. The molecule has 0 bridgehead atoms. The van der Waals surface area contributed by atoms with E-state index in [0.29, 0.717) is 0 Å². The molecule has 0 aliphatic heterocycles. The predicted molar refractivity (Wildman–Crippen MR) is 56.9 cm³/mol. The van der Waals surface area contributed by atoms with Gasteiger partial charge in [-0.2, -0.15) is 5.11 Å². The lowest BCUT2D eigenvalue weighted by molar-refractivity contribution is -0.113. The molecule has 0 radical (unpaired) electrons. The lowest BCUT2D eigenvalue weighted by Crippen LogP contribution is -1.96. The summed E-state index contributed by atoms with van der Waals surface area (Å²) >= 11 is 0. The molecule has 0 unspecified atom stereocenters. The van der Waals surface area contributed by atoms with E-state index in [1.165, 1.54) is 38.1 Å². The molecule has 16 heavy (non-hydrogen) atoms. The first kappa shape index (κ1) is 12.0. The number of aliphatic hydroxyl groups is 1. The minimum Gasteiger partial charge on any atom is -0.510 e. The van der Waals surface area contributed by atoms with Gasteiger partial charge in [0.15, 0.2) is 11.5 Å². The summed E-state index contributed by atoms with van der Waals surface area (Å²) in [6.07, 6.45) is 0. The maximum atomic E-state index is 12.8. The normalized spacial score (nSPS) is 12.7. The Balaban J connectivity index is 2.96. The van der Waals surface area contributed by atoms with Crippen LogP contribution in [0.5, 0.6) is 0 Å². The molecule has 0 aliphatic carbocycles. The number of hydrogen-bond donors (Lipinski definition) is 1. The molecule has 0 aliphatic rings. The maximum Gasteiger partial charge on any atom is 0.183 e. The van der Waals surface area contributed by atoms with E-state index in [9.17, 15) is 9.18 Å². The van der Waals surface area contributed by atoms with Gasteiger partial charge in [0.05, 0.1) is 5.69 Å². The van der Waals surface area contributed by atoms with Crippen LogP contribution in [-0.2, 0) is 4.79 Å². The molecule has 0 amide bonds. The summed E-state index contributed by atoms with van der Waals surface area (Å²) in [6.45, 7) is 2.60. The average molecular weight is 222 g/mol. The average Bonchev–Trinajstić information content (AvgIpc) is 2.16. The Morgan fingerprint density at radius 3 is 2.56 bits per heavy atom. The van der Waals surface area contributed by atoms with E-state index in [0.717, 1.165) is 0 Å². The first-order chi connectivity index (χ1) is 7.50. The SMILES string of the molecule is CC(=O)C(N=Nc1cccc(F)c1)=C(C)O. The van der Waals surface area contributed by atoms with Gasteiger partial charge in [0, 0.05) is 13.0 Å². The third-order valence-electron chi connectivity index (χ3n) is 1.75. The van der Waals surface area contributed by atoms with Crippen molar-refractivity contribution in [3.8, 4) is 0 Å². The summed E-state index contributed by atoms with van der Waals surface area (Å²) in [4.78, 5) is 11.0. The van der Waals surface area contributed by atoms with Crippen LogP contribution in [0.2, 0.25) is 0 Å². The van der Waals surface area contributed by atoms with Crippen molar-refractivity contribution < 1.29 is 14.3 Å². The maximum absolute atomic E-state index is 12.8. The summed E-state index contributed by atoms with van der Waals surface area (Å²) in [5, 5.41) is 16.4. The largest absolute Gasteiger partial charge is 0.510 e. The fraction of sp³-hybridized carbons (Fsp3) is 0.182. The van der Waals surface area contributed by atoms with E-state index in [-0.39, 0.29) is 17.1 Å². The molecule has 0 spiro atoms. The number of ketones is 1. The number of aliphatic hydroxyl groups excluding tert-OH is 1. The van der Waals surface area contributed by atoms with E-state index in [2.05, 4.69) is 10.2 Å². The van der Waals surface area contributed by atoms with Gasteiger partial charge < -0.3 is 5.11 Å². The molecule has 0 fully saturated rings. The highest BCUT2D eigenvalue weighted by molar-refractivity contribution is 5.93. The summed E-state index contributed by atoms with van der Waals surface area (Å²) in [5.74, 6) is -1.06. The minimum atomic E-state index is -0.439. The Morgan fingerprint density at radius 2 is 2.06 bits per heavy atom. The fourth-order valence-electron chi connectivity index (χ4n) is 1.04. The zero-order valence-electron chi connectivity index (χ0n) is 8.94. The van der Waals surface area contributed by atoms with Gasteiger partial charge in [-0.15, -0.1) is 5.11 Å². The van der Waals surface area contributed by atoms with Crippen molar-refractivity contribution >= 4 is 11.5 Å². The van der Waals surface area contributed by atoms with Crippen LogP contribution >= 0.6 is 0 Å². The summed E-state index contributed by atoms with van der Waals surface area (Å²) < 4.78 is 12.8. The van der Waals surface area contributed by atoms with E-state index in [1.54, 1.807) is 0 Å². The van der Waals surface area contributed by atoms with Crippen molar-refractivity contribution in [2.45, 2.75) is 13.8 Å². The molecule has 0 saturated heterocycles. The van der Waals surface area contributed by atoms with Crippen LogP contribution in [-0.4, -0.2) is 10.9 Å². The topological polar surface area (TPSA) is 62.0 Å². The molecule has 0 saturated carbocycles. The Labute approximate surface area is 92.1 Å². The Bertz CT molecular complexity index is 463. The highest BCUT2D eigenvalue weighted by atomic mass is 19.1. The molecule has 84 valence electrons. The highest BCUT2D eigenvalue weighted by Crippen LogP contribution is 2.16. The lowest BCUT2D eigenvalue weighted by atomic mass is 10.3. The minimum absolute atomic E-state index is 0.135. The second kappa shape index (κ2) is 5.16. The van der Waals surface area contributed by atoms with Crippen LogP contribution in [0.4, 0.5) is 10.1 Å². The van der Waals surface area contributed by atoms with Crippen LogP contribution in [0.25, 0.3) is 0 Å². The van der Waals surface area contributed by atoms with Gasteiger partial charge >= 0.3 is 0 Å². The summed E-state index contributed by atoms with van der Waals surface area (Å²) in [7, 11) is 0. The number of nitrogens with zero attached hydrogens (tertiary/aromatic N) is 2. The first-order valence-corrected chi connectivity index (χ1v) is 4.59. The third-order valence-corrected chi connectivity index (χ3v) is 1.75. The molecule has 1 rings (SSSR count).